The largest absolute Gasteiger partial charge is 0.478 e. The summed E-state index contributed by atoms with van der Waals surface area (Å²) in [4.78, 5) is 40.3. The number of rotatable bonds is 5. The van der Waals surface area contributed by atoms with Crippen LogP contribution in [0.4, 0.5) is 11.4 Å². The number of carboxylic acids is 1. The minimum absolute atomic E-state index is 0.0260. The normalized spacial score (nSPS) is 16.1. The van der Waals surface area contributed by atoms with Crippen LogP contribution in [-0.2, 0) is 4.79 Å². The van der Waals surface area contributed by atoms with E-state index in [-0.39, 0.29) is 22.2 Å². The molecule has 33 heavy (non-hydrogen) atoms. The van der Waals surface area contributed by atoms with E-state index in [1.807, 2.05) is 0 Å². The molecule has 11 heteroatoms. The molecule has 1 N–H and O–H groups in total. The van der Waals surface area contributed by atoms with Gasteiger partial charge >= 0.3 is 5.97 Å². The number of thioether (sulfide) groups is 1. The second-order valence-corrected chi connectivity index (χ2v) is 8.26. The van der Waals surface area contributed by atoms with E-state index < -0.39 is 10.9 Å². The monoisotopic (exact) mass is 483 g/mol. The Morgan fingerprint density at radius 2 is 1.94 bits per heavy atom. The highest BCUT2D eigenvalue weighted by molar-refractivity contribution is 8.18. The van der Waals surface area contributed by atoms with Gasteiger partial charge in [-0.05, 0) is 60.3 Å². The summed E-state index contributed by atoms with van der Waals surface area (Å²) in [6.07, 6.45) is 1.56. The molecule has 0 atom stereocenters. The first kappa shape index (κ1) is 22.3. The number of carbonyl (C=O) groups excluding carboxylic acids is 1. The van der Waals surface area contributed by atoms with Gasteiger partial charge in [0.1, 0.15) is 16.5 Å². The third-order valence-electron chi connectivity index (χ3n) is 4.67. The maximum absolute atomic E-state index is 12.6. The summed E-state index contributed by atoms with van der Waals surface area (Å²) in [5, 5.41) is 20.6. The van der Waals surface area contributed by atoms with Crippen molar-refractivity contribution in [2.45, 2.75) is 0 Å². The van der Waals surface area contributed by atoms with Gasteiger partial charge in [0.05, 0.1) is 21.1 Å². The molecule has 2 aromatic carbocycles. The molecule has 1 fully saturated rings. The van der Waals surface area contributed by atoms with Crippen molar-refractivity contribution in [1.82, 2.24) is 4.90 Å². The zero-order valence-corrected chi connectivity index (χ0v) is 18.5. The smallest absolute Gasteiger partial charge is 0.335 e. The molecular weight excluding hydrogens is 470 g/mol. The van der Waals surface area contributed by atoms with Gasteiger partial charge in [0.15, 0.2) is 5.17 Å². The zero-order valence-electron chi connectivity index (χ0n) is 16.9. The van der Waals surface area contributed by atoms with Crippen molar-refractivity contribution in [2.24, 2.45) is 4.99 Å². The molecule has 0 aliphatic carbocycles. The van der Waals surface area contributed by atoms with Crippen LogP contribution in [0.5, 0.6) is 0 Å². The predicted molar refractivity (Wildman–Crippen MR) is 125 cm³/mol. The van der Waals surface area contributed by atoms with Crippen LogP contribution in [0, 0.1) is 10.1 Å². The highest BCUT2D eigenvalue weighted by Gasteiger charge is 2.30. The third kappa shape index (κ3) is 4.66. The average Bonchev–Trinajstić information content (AvgIpc) is 3.35. The van der Waals surface area contributed by atoms with E-state index in [9.17, 15) is 19.7 Å². The average molecular weight is 484 g/mol. The van der Waals surface area contributed by atoms with Gasteiger partial charge in [-0.2, -0.15) is 0 Å². The van der Waals surface area contributed by atoms with Crippen molar-refractivity contribution in [3.05, 3.63) is 86.0 Å². The quantitative estimate of drug-likeness (QED) is 0.291. The Morgan fingerprint density at radius 3 is 2.61 bits per heavy atom. The number of benzene rings is 2. The maximum Gasteiger partial charge on any atom is 0.335 e. The highest BCUT2D eigenvalue weighted by atomic mass is 35.5. The van der Waals surface area contributed by atoms with Gasteiger partial charge in [-0.1, -0.05) is 11.6 Å². The second kappa shape index (κ2) is 8.93. The summed E-state index contributed by atoms with van der Waals surface area (Å²) in [6.45, 7) is 0. The number of aromatic carboxylic acids is 1. The van der Waals surface area contributed by atoms with Crippen LogP contribution in [0.1, 0.15) is 16.1 Å². The van der Waals surface area contributed by atoms with E-state index in [0.29, 0.717) is 32.8 Å². The zero-order chi connectivity index (χ0) is 23.7. The van der Waals surface area contributed by atoms with Crippen molar-refractivity contribution in [1.29, 1.82) is 0 Å². The van der Waals surface area contributed by atoms with Gasteiger partial charge < -0.3 is 9.52 Å². The minimum atomic E-state index is -1.03. The fourth-order valence-corrected chi connectivity index (χ4v) is 4.11. The van der Waals surface area contributed by atoms with Crippen LogP contribution in [0.3, 0.4) is 0 Å². The molecule has 2 heterocycles. The molecular formula is C22H14ClN3O6S. The summed E-state index contributed by atoms with van der Waals surface area (Å²) in [6, 6.07) is 13.6. The van der Waals surface area contributed by atoms with Gasteiger partial charge in [-0.3, -0.25) is 19.8 Å². The predicted octanol–water partition coefficient (Wildman–Crippen LogP) is 5.44. The van der Waals surface area contributed by atoms with Gasteiger partial charge in [-0.15, -0.1) is 0 Å². The number of carboxylic acid groups (broad SMARTS) is 1. The van der Waals surface area contributed by atoms with Crippen LogP contribution >= 0.6 is 23.4 Å². The Labute approximate surface area is 196 Å². The molecule has 0 bridgehead atoms. The Kier molecular flexibility index (Phi) is 6.03. The minimum Gasteiger partial charge on any atom is -0.478 e. The first-order chi connectivity index (χ1) is 15.7. The Balaban J connectivity index is 1.57. The summed E-state index contributed by atoms with van der Waals surface area (Å²) in [7, 11) is 1.58. The summed E-state index contributed by atoms with van der Waals surface area (Å²) < 4.78 is 5.76. The van der Waals surface area contributed by atoms with Crippen LogP contribution in [-0.4, -0.2) is 39.0 Å². The molecule has 166 valence electrons. The highest BCUT2D eigenvalue weighted by Crippen LogP contribution is 2.35. The van der Waals surface area contributed by atoms with E-state index in [1.165, 1.54) is 29.2 Å². The fraction of sp³-hybridized carbons (Fsp3) is 0.0455. The van der Waals surface area contributed by atoms with Crippen molar-refractivity contribution in [2.75, 3.05) is 7.05 Å². The lowest BCUT2D eigenvalue weighted by atomic mass is 10.1. The number of nitrogens with zero attached hydrogens (tertiary/aromatic N) is 3. The van der Waals surface area contributed by atoms with Gasteiger partial charge in [0.25, 0.3) is 11.6 Å². The van der Waals surface area contributed by atoms with Gasteiger partial charge in [0.2, 0.25) is 0 Å². The molecule has 0 saturated carbocycles. The summed E-state index contributed by atoms with van der Waals surface area (Å²) in [5.41, 5.74) is 0.895. The number of amides is 1. The van der Waals surface area contributed by atoms with Crippen LogP contribution in [0.15, 0.2) is 68.9 Å². The molecule has 1 aliphatic heterocycles. The lowest BCUT2D eigenvalue weighted by Crippen LogP contribution is -2.23. The Hall–Kier alpha value is -3.89. The van der Waals surface area contributed by atoms with E-state index in [0.717, 1.165) is 11.8 Å². The molecule has 0 spiro atoms. The number of nitro benzene ring substituents is 1. The SMILES string of the molecule is CN1C(=O)/C(=C/c2ccc(-c3ccc(Cl)c([N+](=O)[O-])c3)o2)SC1=Nc1ccc(C(=O)O)cc1. The number of hydrogen-bond acceptors (Lipinski definition) is 7. The number of hydrogen-bond donors (Lipinski definition) is 1. The van der Waals surface area contributed by atoms with Gasteiger partial charge in [0, 0.05) is 24.8 Å². The topological polar surface area (TPSA) is 126 Å². The van der Waals surface area contributed by atoms with Crippen LogP contribution in [0.2, 0.25) is 5.02 Å². The van der Waals surface area contributed by atoms with Crippen LogP contribution < -0.4 is 0 Å². The third-order valence-corrected chi connectivity index (χ3v) is 6.05. The standard InChI is InChI=1S/C22H14ClN3O6S/c1-25-20(27)19(33-22(25)24-14-5-2-12(3-6-14)21(28)29)11-15-7-9-18(32-15)13-4-8-16(23)17(10-13)26(30)31/h2-11H,1H3,(H,28,29)/b19-11-,24-22?. The maximum atomic E-state index is 12.6. The van der Waals surface area contributed by atoms with E-state index in [4.69, 9.17) is 21.1 Å². The molecule has 0 radical (unpaired) electrons. The molecule has 1 amide bonds. The molecule has 1 saturated heterocycles. The van der Waals surface area contributed by atoms with Crippen molar-refractivity contribution < 1.29 is 24.0 Å². The number of aliphatic imine (C=N–C) groups is 1. The Bertz CT molecular complexity index is 1350. The molecule has 4 rings (SSSR count). The molecule has 9 nitrogen and oxygen atoms in total. The molecule has 3 aromatic rings. The van der Waals surface area contributed by atoms with Crippen molar-refractivity contribution in [3.63, 3.8) is 0 Å². The summed E-state index contributed by atoms with van der Waals surface area (Å²) >= 11 is 7.00. The van der Waals surface area contributed by atoms with E-state index >= 15 is 0 Å². The van der Waals surface area contributed by atoms with Crippen molar-refractivity contribution in [3.8, 4) is 11.3 Å². The number of likely N-dealkylation sites (N-methyl/N-ethyl adjacent to an activating group) is 1. The van der Waals surface area contributed by atoms with E-state index in [1.54, 1.807) is 43.5 Å². The lowest BCUT2D eigenvalue weighted by molar-refractivity contribution is -0.384. The first-order valence-corrected chi connectivity index (χ1v) is 10.6. The number of nitro groups is 1. The first-order valence-electron chi connectivity index (χ1n) is 9.37. The molecule has 1 aromatic heterocycles. The Morgan fingerprint density at radius 1 is 1.21 bits per heavy atom. The number of carbonyl (C=O) groups is 2. The van der Waals surface area contributed by atoms with Crippen molar-refractivity contribution >= 4 is 57.9 Å². The second-order valence-electron chi connectivity index (χ2n) is 6.85. The number of furan rings is 1. The lowest BCUT2D eigenvalue weighted by Gasteiger charge is -2.07. The number of amidine groups is 1. The van der Waals surface area contributed by atoms with E-state index in [2.05, 4.69) is 4.99 Å². The van der Waals surface area contributed by atoms with Gasteiger partial charge in [-0.25, -0.2) is 9.79 Å². The molecule has 0 unspecified atom stereocenters. The number of halogens is 1. The van der Waals surface area contributed by atoms with Crippen LogP contribution in [0.25, 0.3) is 17.4 Å². The molecule has 1 aliphatic rings. The summed E-state index contributed by atoms with van der Waals surface area (Å²) in [5.74, 6) is -0.536. The fourth-order valence-electron chi connectivity index (χ4n) is 2.96.